The van der Waals surface area contributed by atoms with Gasteiger partial charge in [-0.3, -0.25) is 14.5 Å². The molecule has 1 atom stereocenters. The minimum absolute atomic E-state index is 0.105. The van der Waals surface area contributed by atoms with Crippen LogP contribution in [0, 0.1) is 6.92 Å². The first-order valence-electron chi connectivity index (χ1n) is 11.9. The number of aromatic nitrogens is 2. The number of aliphatic hydroxyl groups is 1. The van der Waals surface area contributed by atoms with Gasteiger partial charge >= 0.3 is 5.91 Å². The van der Waals surface area contributed by atoms with Gasteiger partial charge in [0, 0.05) is 5.56 Å². The Balaban J connectivity index is 1.76. The molecule has 5 rings (SSSR count). The van der Waals surface area contributed by atoms with Crippen LogP contribution in [0.15, 0.2) is 54.1 Å². The number of nitrogens with one attached hydrogen (secondary N) is 1. The molecule has 11 heteroatoms. The molecular formula is C28H23Cl2N3O6. The Kier molecular flexibility index (Phi) is 6.88. The van der Waals surface area contributed by atoms with E-state index in [1.165, 1.54) is 42.3 Å². The molecule has 39 heavy (non-hydrogen) atoms. The summed E-state index contributed by atoms with van der Waals surface area (Å²) in [6.07, 6.45) is 0. The number of ether oxygens (including phenoxy) is 2. The molecule has 1 amide bonds. The number of aromatic hydroxyl groups is 1. The van der Waals surface area contributed by atoms with Crippen molar-refractivity contribution in [1.29, 1.82) is 0 Å². The van der Waals surface area contributed by atoms with Gasteiger partial charge in [-0.05, 0) is 61.4 Å². The zero-order valence-corrected chi connectivity index (χ0v) is 22.6. The molecule has 2 heterocycles. The van der Waals surface area contributed by atoms with Crippen LogP contribution in [0.4, 0.5) is 5.95 Å². The number of ketones is 1. The number of anilines is 1. The molecule has 200 valence electrons. The second-order valence-corrected chi connectivity index (χ2v) is 9.70. The monoisotopic (exact) mass is 567 g/mol. The smallest absolute Gasteiger partial charge is 0.302 e. The topological polar surface area (TPSA) is 125 Å². The molecule has 3 aromatic carbocycles. The van der Waals surface area contributed by atoms with Crippen molar-refractivity contribution in [3.63, 3.8) is 0 Å². The van der Waals surface area contributed by atoms with Crippen LogP contribution in [0.1, 0.15) is 29.7 Å². The van der Waals surface area contributed by atoms with Gasteiger partial charge in [-0.25, -0.2) is 4.98 Å². The summed E-state index contributed by atoms with van der Waals surface area (Å²) in [6, 6.07) is 11.6. The van der Waals surface area contributed by atoms with Crippen molar-refractivity contribution in [3.05, 3.63) is 80.8 Å². The summed E-state index contributed by atoms with van der Waals surface area (Å²) in [7, 11) is 1.40. The summed E-state index contributed by atoms with van der Waals surface area (Å²) in [5.74, 6) is -2.01. The molecule has 0 aliphatic carbocycles. The number of phenolic OH excluding ortho intramolecular Hbond substituents is 1. The third-order valence-corrected chi connectivity index (χ3v) is 6.93. The molecule has 0 spiro atoms. The molecule has 1 aromatic heterocycles. The van der Waals surface area contributed by atoms with Crippen molar-refractivity contribution in [2.24, 2.45) is 0 Å². The molecule has 4 aromatic rings. The minimum Gasteiger partial charge on any atom is -0.507 e. The van der Waals surface area contributed by atoms with Gasteiger partial charge in [0.1, 0.15) is 5.76 Å². The number of imidazole rings is 1. The summed E-state index contributed by atoms with van der Waals surface area (Å²) < 4.78 is 10.7. The predicted molar refractivity (Wildman–Crippen MR) is 148 cm³/mol. The van der Waals surface area contributed by atoms with E-state index in [9.17, 15) is 19.8 Å². The second kappa shape index (κ2) is 10.2. The molecule has 9 nitrogen and oxygen atoms in total. The molecule has 0 bridgehead atoms. The quantitative estimate of drug-likeness (QED) is 0.150. The summed E-state index contributed by atoms with van der Waals surface area (Å²) >= 11 is 12.6. The molecule has 1 unspecified atom stereocenters. The molecule has 0 saturated carbocycles. The number of amides is 1. The lowest BCUT2D eigenvalue weighted by atomic mass is 9.95. The average molecular weight is 568 g/mol. The predicted octanol–water partition coefficient (Wildman–Crippen LogP) is 5.92. The molecule has 1 aliphatic rings. The van der Waals surface area contributed by atoms with Crippen LogP contribution in [0.2, 0.25) is 10.0 Å². The summed E-state index contributed by atoms with van der Waals surface area (Å²) in [5, 5.41) is 21.9. The van der Waals surface area contributed by atoms with Crippen LogP contribution in [0.5, 0.6) is 17.2 Å². The number of benzene rings is 3. The first-order chi connectivity index (χ1) is 18.6. The van der Waals surface area contributed by atoms with Crippen molar-refractivity contribution >= 4 is 57.6 Å². The van der Waals surface area contributed by atoms with Gasteiger partial charge < -0.3 is 24.7 Å². The van der Waals surface area contributed by atoms with E-state index in [-0.39, 0.29) is 51.0 Å². The fourth-order valence-corrected chi connectivity index (χ4v) is 5.25. The third kappa shape index (κ3) is 4.53. The van der Waals surface area contributed by atoms with Crippen LogP contribution in [-0.2, 0) is 9.59 Å². The van der Waals surface area contributed by atoms with Gasteiger partial charge in [0.05, 0.1) is 46.4 Å². The van der Waals surface area contributed by atoms with E-state index >= 15 is 0 Å². The van der Waals surface area contributed by atoms with Crippen molar-refractivity contribution < 1.29 is 29.3 Å². The number of aliphatic hydroxyl groups excluding tert-OH is 1. The summed E-state index contributed by atoms with van der Waals surface area (Å²) in [6.45, 7) is 3.94. The highest BCUT2D eigenvalue weighted by Gasteiger charge is 2.48. The average Bonchev–Trinajstić information content (AvgIpc) is 3.42. The molecular weight excluding hydrogens is 545 g/mol. The molecule has 0 radical (unpaired) electrons. The summed E-state index contributed by atoms with van der Waals surface area (Å²) in [4.78, 5) is 35.8. The first kappa shape index (κ1) is 26.4. The van der Waals surface area contributed by atoms with Crippen molar-refractivity contribution in [3.8, 4) is 17.2 Å². The van der Waals surface area contributed by atoms with Crippen molar-refractivity contribution in [2.45, 2.75) is 19.9 Å². The number of phenols is 1. The number of hydrogen-bond donors (Lipinski definition) is 3. The van der Waals surface area contributed by atoms with Gasteiger partial charge in [0.25, 0.3) is 5.78 Å². The van der Waals surface area contributed by atoms with Gasteiger partial charge in [0.2, 0.25) is 5.95 Å². The lowest BCUT2D eigenvalue weighted by molar-refractivity contribution is -0.132. The Labute approximate surface area is 233 Å². The molecule has 1 saturated heterocycles. The number of aryl methyl sites for hydroxylation is 1. The Bertz CT molecular complexity index is 1660. The van der Waals surface area contributed by atoms with Crippen LogP contribution >= 0.6 is 23.2 Å². The maximum atomic E-state index is 13.5. The highest BCUT2D eigenvalue weighted by Crippen LogP contribution is 2.45. The number of halogens is 2. The van der Waals surface area contributed by atoms with E-state index < -0.39 is 23.5 Å². The standard InChI is InChI=1S/C28H23Cl2N3O6/c1-4-39-21-12-14(6-8-20(21)34)23-22(24(35)15-10-16(29)26(38-3)17(30)11-15)25(36)27(37)33(23)28-31-18-7-5-13(2)9-19(18)32-28/h5-12,23,34-35H,4H2,1-3H3,(H,31,32)/b24-22+. The Morgan fingerprint density at radius 3 is 2.49 bits per heavy atom. The molecule has 3 N–H and O–H groups in total. The summed E-state index contributed by atoms with van der Waals surface area (Å²) in [5.41, 5.74) is 2.51. The number of carbonyl (C=O) groups excluding carboxylic acids is 2. The third-order valence-electron chi connectivity index (χ3n) is 6.37. The number of fused-ring (bicyclic) bond motifs is 1. The van der Waals surface area contributed by atoms with Crippen LogP contribution in [0.25, 0.3) is 16.8 Å². The van der Waals surface area contributed by atoms with Gasteiger partial charge in [-0.2, -0.15) is 0 Å². The Morgan fingerprint density at radius 1 is 1.10 bits per heavy atom. The minimum atomic E-state index is -1.13. The molecule has 1 aliphatic heterocycles. The Morgan fingerprint density at radius 2 is 1.82 bits per heavy atom. The largest absolute Gasteiger partial charge is 0.507 e. The zero-order chi connectivity index (χ0) is 28.0. The number of Topliss-reactive ketones (excluding diaryl/α,β-unsaturated/α-hetero) is 1. The van der Waals surface area contributed by atoms with E-state index in [2.05, 4.69) is 9.97 Å². The lowest BCUT2D eigenvalue weighted by Crippen LogP contribution is -2.30. The number of rotatable bonds is 6. The maximum absolute atomic E-state index is 13.5. The van der Waals surface area contributed by atoms with E-state index in [0.717, 1.165) is 5.56 Å². The zero-order valence-electron chi connectivity index (χ0n) is 21.1. The highest BCUT2D eigenvalue weighted by atomic mass is 35.5. The van der Waals surface area contributed by atoms with E-state index in [1.807, 2.05) is 19.1 Å². The second-order valence-electron chi connectivity index (χ2n) is 8.88. The SMILES string of the molecule is CCOc1cc(C2/C(=C(\O)c3cc(Cl)c(OC)c(Cl)c3)C(=O)C(=O)N2c2nc3ccc(C)cc3[nH]2)ccc1O. The number of nitrogens with zero attached hydrogens (tertiary/aromatic N) is 2. The molecule has 1 fully saturated rings. The van der Waals surface area contributed by atoms with Gasteiger partial charge in [-0.1, -0.05) is 35.3 Å². The van der Waals surface area contributed by atoms with Crippen LogP contribution in [0.3, 0.4) is 0 Å². The van der Waals surface area contributed by atoms with E-state index in [0.29, 0.717) is 16.6 Å². The van der Waals surface area contributed by atoms with E-state index in [4.69, 9.17) is 32.7 Å². The van der Waals surface area contributed by atoms with E-state index in [1.54, 1.807) is 13.0 Å². The fraction of sp³-hybridized carbons (Fsp3) is 0.179. The van der Waals surface area contributed by atoms with Gasteiger partial charge in [-0.15, -0.1) is 0 Å². The number of aromatic amines is 1. The Hall–Kier alpha value is -4.21. The number of H-pyrrole nitrogens is 1. The van der Waals surface area contributed by atoms with Gasteiger partial charge in [0.15, 0.2) is 17.2 Å². The van der Waals surface area contributed by atoms with Crippen molar-refractivity contribution in [2.75, 3.05) is 18.6 Å². The normalized spacial score (nSPS) is 16.7. The maximum Gasteiger partial charge on any atom is 0.302 e. The lowest BCUT2D eigenvalue weighted by Gasteiger charge is -2.23. The van der Waals surface area contributed by atoms with Crippen LogP contribution < -0.4 is 14.4 Å². The first-order valence-corrected chi connectivity index (χ1v) is 12.7. The number of carbonyl (C=O) groups is 2. The highest BCUT2D eigenvalue weighted by molar-refractivity contribution is 6.51. The number of methoxy groups -OCH3 is 1. The number of hydrogen-bond acceptors (Lipinski definition) is 7. The van der Waals surface area contributed by atoms with Crippen LogP contribution in [-0.4, -0.2) is 45.6 Å². The fourth-order valence-electron chi connectivity index (χ4n) is 4.61. The van der Waals surface area contributed by atoms with Crippen molar-refractivity contribution in [1.82, 2.24) is 9.97 Å².